The van der Waals surface area contributed by atoms with Gasteiger partial charge in [-0.2, -0.15) is 5.10 Å². The highest BCUT2D eigenvalue weighted by molar-refractivity contribution is 6.32. The first-order chi connectivity index (χ1) is 7.99. The third-order valence-corrected chi connectivity index (χ3v) is 2.90. The third kappa shape index (κ3) is 2.33. The fraction of sp³-hybridized carbons (Fsp3) is 0.333. The zero-order chi connectivity index (χ0) is 12.6. The number of halogens is 1. The van der Waals surface area contributed by atoms with E-state index in [0.29, 0.717) is 5.02 Å². The lowest BCUT2D eigenvalue weighted by Gasteiger charge is -2.10. The van der Waals surface area contributed by atoms with Crippen molar-refractivity contribution in [2.75, 3.05) is 0 Å². The first-order valence-electron chi connectivity index (χ1n) is 5.44. The fourth-order valence-corrected chi connectivity index (χ4v) is 2.00. The predicted molar refractivity (Wildman–Crippen MR) is 68.4 cm³/mol. The van der Waals surface area contributed by atoms with E-state index >= 15 is 0 Å². The van der Waals surface area contributed by atoms with E-state index in [-0.39, 0.29) is 6.04 Å². The van der Waals surface area contributed by atoms with Crippen LogP contribution in [0.15, 0.2) is 18.2 Å². The number of nitrogens with two attached hydrogens (primary N) is 1. The van der Waals surface area contributed by atoms with Crippen LogP contribution in [0.3, 0.4) is 0 Å². The van der Waals surface area contributed by atoms with Crippen LogP contribution in [-0.4, -0.2) is 14.8 Å². The van der Waals surface area contributed by atoms with Crippen molar-refractivity contribution in [3.63, 3.8) is 0 Å². The third-order valence-electron chi connectivity index (χ3n) is 2.60. The van der Waals surface area contributed by atoms with E-state index in [2.05, 4.69) is 10.1 Å². The van der Waals surface area contributed by atoms with Gasteiger partial charge in [0.15, 0.2) is 0 Å². The maximum absolute atomic E-state index is 6.25. The zero-order valence-electron chi connectivity index (χ0n) is 10.1. The Balaban J connectivity index is 2.50. The van der Waals surface area contributed by atoms with Gasteiger partial charge in [-0.05, 0) is 38.5 Å². The smallest absolute Gasteiger partial charge is 0.148 e. The van der Waals surface area contributed by atoms with Crippen LogP contribution >= 0.6 is 11.6 Å². The van der Waals surface area contributed by atoms with Crippen molar-refractivity contribution in [3.05, 3.63) is 40.4 Å². The van der Waals surface area contributed by atoms with E-state index in [1.54, 1.807) is 4.68 Å². The average Bonchev–Trinajstić information content (AvgIpc) is 2.57. The summed E-state index contributed by atoms with van der Waals surface area (Å²) >= 11 is 6.25. The van der Waals surface area contributed by atoms with Crippen molar-refractivity contribution in [2.45, 2.75) is 26.8 Å². The Bertz CT molecular complexity index is 545. The molecule has 2 rings (SSSR count). The average molecular weight is 251 g/mol. The second-order valence-corrected chi connectivity index (χ2v) is 4.52. The Morgan fingerprint density at radius 3 is 2.53 bits per heavy atom. The van der Waals surface area contributed by atoms with Gasteiger partial charge in [0.2, 0.25) is 0 Å². The number of rotatable bonds is 2. The predicted octanol–water partition coefficient (Wildman–Crippen LogP) is 2.56. The molecular weight excluding hydrogens is 236 g/mol. The highest BCUT2D eigenvalue weighted by atomic mass is 35.5. The Morgan fingerprint density at radius 1 is 1.35 bits per heavy atom. The summed E-state index contributed by atoms with van der Waals surface area (Å²) < 4.78 is 1.74. The molecule has 0 aliphatic heterocycles. The SMILES string of the molecule is Cc1nc(C)n(-c2ccc([C@H](C)N)cc2Cl)n1. The van der Waals surface area contributed by atoms with Gasteiger partial charge in [-0.3, -0.25) is 0 Å². The molecule has 5 heteroatoms. The van der Waals surface area contributed by atoms with Gasteiger partial charge in [0.1, 0.15) is 11.6 Å². The lowest BCUT2D eigenvalue weighted by Crippen LogP contribution is -2.06. The summed E-state index contributed by atoms with van der Waals surface area (Å²) in [6, 6.07) is 5.72. The molecule has 2 N–H and O–H groups in total. The van der Waals surface area contributed by atoms with Crippen LogP contribution in [0.2, 0.25) is 5.02 Å². The molecule has 90 valence electrons. The second-order valence-electron chi connectivity index (χ2n) is 4.12. The zero-order valence-corrected chi connectivity index (χ0v) is 10.9. The van der Waals surface area contributed by atoms with E-state index < -0.39 is 0 Å². The van der Waals surface area contributed by atoms with Crippen LogP contribution in [0, 0.1) is 13.8 Å². The monoisotopic (exact) mass is 250 g/mol. The molecule has 17 heavy (non-hydrogen) atoms. The Morgan fingerprint density at radius 2 is 2.06 bits per heavy atom. The fourth-order valence-electron chi connectivity index (χ4n) is 1.73. The quantitative estimate of drug-likeness (QED) is 0.891. The molecule has 0 unspecified atom stereocenters. The number of hydrogen-bond acceptors (Lipinski definition) is 3. The maximum atomic E-state index is 6.25. The molecule has 0 saturated heterocycles. The van der Waals surface area contributed by atoms with Crippen LogP contribution in [0.1, 0.15) is 30.2 Å². The summed E-state index contributed by atoms with van der Waals surface area (Å²) in [4.78, 5) is 4.25. The van der Waals surface area contributed by atoms with Gasteiger partial charge in [-0.25, -0.2) is 9.67 Å². The Hall–Kier alpha value is -1.39. The Kier molecular flexibility index (Phi) is 3.17. The van der Waals surface area contributed by atoms with Crippen LogP contribution < -0.4 is 5.73 Å². The number of nitrogens with zero attached hydrogens (tertiary/aromatic N) is 3. The number of hydrogen-bond donors (Lipinski definition) is 1. The van der Waals surface area contributed by atoms with E-state index in [4.69, 9.17) is 17.3 Å². The Labute approximate surface area is 105 Å². The molecule has 1 heterocycles. The first-order valence-corrected chi connectivity index (χ1v) is 5.82. The summed E-state index contributed by atoms with van der Waals surface area (Å²) in [6.45, 7) is 5.68. The molecule has 0 bridgehead atoms. The van der Waals surface area contributed by atoms with Crippen LogP contribution in [0.25, 0.3) is 5.69 Å². The van der Waals surface area contributed by atoms with Crippen molar-refractivity contribution >= 4 is 11.6 Å². The molecule has 0 fully saturated rings. The molecule has 1 atom stereocenters. The van der Waals surface area contributed by atoms with E-state index in [1.807, 2.05) is 39.0 Å². The van der Waals surface area contributed by atoms with Gasteiger partial charge < -0.3 is 5.73 Å². The summed E-state index contributed by atoms with van der Waals surface area (Å²) in [5, 5.41) is 4.94. The van der Waals surface area contributed by atoms with E-state index in [1.165, 1.54) is 0 Å². The lowest BCUT2D eigenvalue weighted by atomic mass is 10.1. The molecule has 2 aromatic rings. The van der Waals surface area contributed by atoms with E-state index in [0.717, 1.165) is 22.9 Å². The minimum atomic E-state index is -0.0277. The largest absolute Gasteiger partial charge is 0.324 e. The number of aromatic nitrogens is 3. The first kappa shape index (κ1) is 12.1. The maximum Gasteiger partial charge on any atom is 0.148 e. The molecule has 1 aromatic carbocycles. The summed E-state index contributed by atoms with van der Waals surface area (Å²) in [5.41, 5.74) is 7.65. The van der Waals surface area contributed by atoms with Crippen LogP contribution in [0.5, 0.6) is 0 Å². The molecule has 0 aliphatic carbocycles. The molecule has 0 saturated carbocycles. The van der Waals surface area contributed by atoms with Gasteiger partial charge in [0.05, 0.1) is 10.7 Å². The minimum Gasteiger partial charge on any atom is -0.324 e. The second kappa shape index (κ2) is 4.47. The molecule has 1 aromatic heterocycles. The molecule has 4 nitrogen and oxygen atoms in total. The molecule has 0 spiro atoms. The van der Waals surface area contributed by atoms with Gasteiger partial charge in [-0.15, -0.1) is 0 Å². The van der Waals surface area contributed by atoms with Crippen molar-refractivity contribution in [3.8, 4) is 5.69 Å². The minimum absolute atomic E-state index is 0.0277. The van der Waals surface area contributed by atoms with Crippen LogP contribution in [0.4, 0.5) is 0 Å². The van der Waals surface area contributed by atoms with Crippen LogP contribution in [-0.2, 0) is 0 Å². The standard InChI is InChI=1S/C12H15ClN4/c1-7(14)10-4-5-12(11(13)6-10)17-9(3)15-8(2)16-17/h4-7H,14H2,1-3H3/t7-/m0/s1. The molecule has 0 aliphatic rings. The van der Waals surface area contributed by atoms with Gasteiger partial charge in [0.25, 0.3) is 0 Å². The van der Waals surface area contributed by atoms with Gasteiger partial charge in [-0.1, -0.05) is 17.7 Å². The van der Waals surface area contributed by atoms with Crippen molar-refractivity contribution in [1.82, 2.24) is 14.8 Å². The molecular formula is C12H15ClN4. The van der Waals surface area contributed by atoms with Crippen molar-refractivity contribution < 1.29 is 0 Å². The summed E-state index contributed by atoms with van der Waals surface area (Å²) in [7, 11) is 0. The molecule has 0 amide bonds. The highest BCUT2D eigenvalue weighted by Crippen LogP contribution is 2.24. The van der Waals surface area contributed by atoms with Gasteiger partial charge >= 0.3 is 0 Å². The summed E-state index contributed by atoms with van der Waals surface area (Å²) in [6.07, 6.45) is 0. The lowest BCUT2D eigenvalue weighted by molar-refractivity contribution is 0.807. The summed E-state index contributed by atoms with van der Waals surface area (Å²) in [5.74, 6) is 1.55. The van der Waals surface area contributed by atoms with Crippen molar-refractivity contribution in [2.24, 2.45) is 5.73 Å². The number of aryl methyl sites for hydroxylation is 2. The van der Waals surface area contributed by atoms with Gasteiger partial charge in [0, 0.05) is 6.04 Å². The number of benzene rings is 1. The van der Waals surface area contributed by atoms with Crippen molar-refractivity contribution in [1.29, 1.82) is 0 Å². The highest BCUT2D eigenvalue weighted by Gasteiger charge is 2.10. The van der Waals surface area contributed by atoms with E-state index in [9.17, 15) is 0 Å². The normalized spacial score (nSPS) is 12.8. The topological polar surface area (TPSA) is 56.7 Å². The molecule has 0 radical (unpaired) electrons.